The number of aliphatic imine (C=N–C) groups is 1. The van der Waals surface area contributed by atoms with Crippen LogP contribution >= 0.6 is 24.0 Å². The highest BCUT2D eigenvalue weighted by Gasteiger charge is 2.09. The van der Waals surface area contributed by atoms with E-state index in [9.17, 15) is 0 Å². The first-order chi connectivity index (χ1) is 12.3. The SMILES string of the molecule is C#CCNC(=NCc1cccc(OCCN2CCOCC2)c1)NCC.I. The molecular weight excluding hydrogens is 443 g/mol. The van der Waals surface area contributed by atoms with Crippen LogP contribution in [-0.4, -0.2) is 63.4 Å². The summed E-state index contributed by atoms with van der Waals surface area (Å²) in [6.07, 6.45) is 5.28. The van der Waals surface area contributed by atoms with Crippen LogP contribution in [0.3, 0.4) is 0 Å². The molecule has 6 nitrogen and oxygen atoms in total. The Kier molecular flexibility index (Phi) is 11.9. The predicted octanol–water partition coefficient (Wildman–Crippen LogP) is 1.70. The molecule has 1 aromatic carbocycles. The molecule has 2 rings (SSSR count). The Morgan fingerprint density at radius 3 is 2.88 bits per heavy atom. The maximum Gasteiger partial charge on any atom is 0.192 e. The highest BCUT2D eigenvalue weighted by Crippen LogP contribution is 2.14. The van der Waals surface area contributed by atoms with Gasteiger partial charge in [-0.3, -0.25) is 4.90 Å². The molecule has 144 valence electrons. The lowest BCUT2D eigenvalue weighted by atomic mass is 10.2. The van der Waals surface area contributed by atoms with Gasteiger partial charge in [0.25, 0.3) is 0 Å². The van der Waals surface area contributed by atoms with Gasteiger partial charge in [-0.05, 0) is 24.6 Å². The normalized spacial score (nSPS) is 14.8. The third-order valence-corrected chi connectivity index (χ3v) is 3.80. The van der Waals surface area contributed by atoms with Gasteiger partial charge in [0.2, 0.25) is 0 Å². The maximum absolute atomic E-state index is 5.88. The van der Waals surface area contributed by atoms with Crippen LogP contribution in [0.5, 0.6) is 5.75 Å². The Labute approximate surface area is 173 Å². The van der Waals surface area contributed by atoms with Crippen LogP contribution in [0.25, 0.3) is 0 Å². The van der Waals surface area contributed by atoms with Crippen molar-refractivity contribution < 1.29 is 9.47 Å². The Balaban J connectivity index is 0.00000338. The minimum Gasteiger partial charge on any atom is -0.492 e. The molecule has 0 atom stereocenters. The molecule has 1 heterocycles. The summed E-state index contributed by atoms with van der Waals surface area (Å²) in [6.45, 7) is 9.04. The van der Waals surface area contributed by atoms with Gasteiger partial charge in [0.15, 0.2) is 5.96 Å². The fourth-order valence-corrected chi connectivity index (χ4v) is 2.50. The van der Waals surface area contributed by atoms with Crippen LogP contribution in [0.1, 0.15) is 12.5 Å². The molecule has 1 aromatic rings. The zero-order chi connectivity index (χ0) is 17.7. The van der Waals surface area contributed by atoms with Crippen molar-refractivity contribution >= 4 is 29.9 Å². The monoisotopic (exact) mass is 472 g/mol. The number of guanidine groups is 1. The first kappa shape index (κ1) is 22.5. The zero-order valence-corrected chi connectivity index (χ0v) is 17.7. The number of ether oxygens (including phenoxy) is 2. The molecule has 0 unspecified atom stereocenters. The van der Waals surface area contributed by atoms with Crippen molar-refractivity contribution in [2.24, 2.45) is 4.99 Å². The molecule has 0 bridgehead atoms. The third kappa shape index (κ3) is 8.74. The van der Waals surface area contributed by atoms with Gasteiger partial charge in [-0.15, -0.1) is 30.4 Å². The molecule has 1 aliphatic heterocycles. The molecule has 26 heavy (non-hydrogen) atoms. The summed E-state index contributed by atoms with van der Waals surface area (Å²) in [5, 5.41) is 6.25. The molecule has 7 heteroatoms. The first-order valence-corrected chi connectivity index (χ1v) is 8.79. The van der Waals surface area contributed by atoms with E-state index < -0.39 is 0 Å². The van der Waals surface area contributed by atoms with Crippen LogP contribution in [0.15, 0.2) is 29.3 Å². The summed E-state index contributed by atoms with van der Waals surface area (Å²) in [5.41, 5.74) is 1.10. The summed E-state index contributed by atoms with van der Waals surface area (Å²) in [5.74, 6) is 4.15. The topological polar surface area (TPSA) is 58.1 Å². The molecule has 2 N–H and O–H groups in total. The Hall–Kier alpha value is -1.50. The van der Waals surface area contributed by atoms with E-state index in [0.29, 0.717) is 19.7 Å². The van der Waals surface area contributed by atoms with E-state index in [1.165, 1.54) is 0 Å². The molecule has 0 amide bonds. The number of benzene rings is 1. The number of hydrogen-bond acceptors (Lipinski definition) is 4. The molecular formula is C19H29IN4O2. The maximum atomic E-state index is 5.88. The van der Waals surface area contributed by atoms with E-state index in [1.54, 1.807) is 0 Å². The van der Waals surface area contributed by atoms with Crippen LogP contribution in [0, 0.1) is 12.3 Å². The quantitative estimate of drug-likeness (QED) is 0.261. The highest BCUT2D eigenvalue weighted by atomic mass is 127. The van der Waals surface area contributed by atoms with Crippen LogP contribution in [0.2, 0.25) is 0 Å². The average molecular weight is 472 g/mol. The minimum absolute atomic E-state index is 0. The standard InChI is InChI=1S/C19H28N4O2.HI/c1-3-8-21-19(20-4-2)22-16-17-6-5-7-18(15-17)25-14-11-23-9-12-24-13-10-23;/h1,5-7,15H,4,8-14,16H2,2H3,(H2,20,21,22);1H. The summed E-state index contributed by atoms with van der Waals surface area (Å²) in [4.78, 5) is 6.90. The van der Waals surface area contributed by atoms with Gasteiger partial charge in [-0.25, -0.2) is 4.99 Å². The second-order valence-electron chi connectivity index (χ2n) is 5.70. The number of nitrogens with zero attached hydrogens (tertiary/aromatic N) is 2. The number of terminal acetylenes is 1. The first-order valence-electron chi connectivity index (χ1n) is 8.79. The molecule has 0 saturated carbocycles. The molecule has 1 saturated heterocycles. The van der Waals surface area contributed by atoms with Crippen LogP contribution < -0.4 is 15.4 Å². The van der Waals surface area contributed by atoms with Gasteiger partial charge >= 0.3 is 0 Å². The molecule has 0 aromatic heterocycles. The smallest absolute Gasteiger partial charge is 0.192 e. The van der Waals surface area contributed by atoms with E-state index in [4.69, 9.17) is 15.9 Å². The van der Waals surface area contributed by atoms with Crippen molar-refractivity contribution in [2.45, 2.75) is 13.5 Å². The van der Waals surface area contributed by atoms with Crippen molar-refractivity contribution in [2.75, 3.05) is 52.5 Å². The van der Waals surface area contributed by atoms with E-state index >= 15 is 0 Å². The van der Waals surface area contributed by atoms with Crippen LogP contribution in [0.4, 0.5) is 0 Å². The Bertz CT molecular complexity index is 583. The summed E-state index contributed by atoms with van der Waals surface area (Å²) in [6, 6.07) is 8.06. The lowest BCUT2D eigenvalue weighted by Gasteiger charge is -2.26. The Morgan fingerprint density at radius 1 is 1.35 bits per heavy atom. The number of morpholine rings is 1. The fraction of sp³-hybridized carbons (Fsp3) is 0.526. The van der Waals surface area contributed by atoms with Crippen molar-refractivity contribution in [1.82, 2.24) is 15.5 Å². The largest absolute Gasteiger partial charge is 0.492 e. The predicted molar refractivity (Wildman–Crippen MR) is 116 cm³/mol. The fourth-order valence-electron chi connectivity index (χ4n) is 2.50. The van der Waals surface area contributed by atoms with Gasteiger partial charge in [-0.1, -0.05) is 18.1 Å². The molecule has 1 fully saturated rings. The van der Waals surface area contributed by atoms with Crippen molar-refractivity contribution in [3.63, 3.8) is 0 Å². The molecule has 1 aliphatic rings. The second kappa shape index (κ2) is 13.7. The van der Waals surface area contributed by atoms with Crippen molar-refractivity contribution in [1.29, 1.82) is 0 Å². The number of nitrogens with one attached hydrogen (secondary N) is 2. The minimum atomic E-state index is 0. The van der Waals surface area contributed by atoms with Gasteiger partial charge in [0.1, 0.15) is 12.4 Å². The summed E-state index contributed by atoms with van der Waals surface area (Å²) < 4.78 is 11.2. The number of halogens is 1. The van der Waals surface area contributed by atoms with Crippen molar-refractivity contribution in [3.05, 3.63) is 29.8 Å². The lowest BCUT2D eigenvalue weighted by Crippen LogP contribution is -2.38. The zero-order valence-electron chi connectivity index (χ0n) is 15.4. The van der Waals surface area contributed by atoms with E-state index in [0.717, 1.165) is 56.7 Å². The van der Waals surface area contributed by atoms with Gasteiger partial charge in [-0.2, -0.15) is 0 Å². The lowest BCUT2D eigenvalue weighted by molar-refractivity contribution is 0.0322. The number of hydrogen-bond donors (Lipinski definition) is 2. The van der Waals surface area contributed by atoms with E-state index in [2.05, 4.69) is 26.4 Å². The van der Waals surface area contributed by atoms with E-state index in [1.807, 2.05) is 31.2 Å². The van der Waals surface area contributed by atoms with Gasteiger partial charge < -0.3 is 20.1 Å². The second-order valence-corrected chi connectivity index (χ2v) is 5.70. The average Bonchev–Trinajstić information content (AvgIpc) is 2.65. The van der Waals surface area contributed by atoms with Gasteiger partial charge in [0.05, 0.1) is 26.3 Å². The molecule has 0 radical (unpaired) electrons. The summed E-state index contributed by atoms with van der Waals surface area (Å²) >= 11 is 0. The molecule has 0 aliphatic carbocycles. The van der Waals surface area contributed by atoms with E-state index in [-0.39, 0.29) is 24.0 Å². The van der Waals surface area contributed by atoms with Crippen LogP contribution in [-0.2, 0) is 11.3 Å². The summed E-state index contributed by atoms with van der Waals surface area (Å²) in [7, 11) is 0. The Morgan fingerprint density at radius 2 is 2.15 bits per heavy atom. The van der Waals surface area contributed by atoms with Crippen molar-refractivity contribution in [3.8, 4) is 18.1 Å². The highest BCUT2D eigenvalue weighted by molar-refractivity contribution is 14.0. The number of rotatable bonds is 8. The molecule has 0 spiro atoms. The van der Waals surface area contributed by atoms with Gasteiger partial charge in [0, 0.05) is 26.2 Å². The third-order valence-electron chi connectivity index (χ3n) is 3.80.